The van der Waals surface area contributed by atoms with Crippen LogP contribution in [0.5, 0.6) is 0 Å². The van der Waals surface area contributed by atoms with E-state index >= 15 is 0 Å². The third-order valence-electron chi connectivity index (χ3n) is 3.60. The van der Waals surface area contributed by atoms with Crippen molar-refractivity contribution >= 4 is 17.0 Å². The monoisotopic (exact) mass is 291 g/mol. The fourth-order valence-corrected chi connectivity index (χ4v) is 2.58. The van der Waals surface area contributed by atoms with E-state index in [0.717, 1.165) is 22.2 Å². The third kappa shape index (κ3) is 1.76. The van der Waals surface area contributed by atoms with Gasteiger partial charge in [0.25, 0.3) is 0 Å². The van der Waals surface area contributed by atoms with Crippen LogP contribution in [0.25, 0.3) is 28.1 Å². The summed E-state index contributed by atoms with van der Waals surface area (Å²) in [5.41, 5.74) is 9.69. The minimum atomic E-state index is 0.299. The van der Waals surface area contributed by atoms with Crippen molar-refractivity contribution in [2.24, 2.45) is 7.05 Å². The highest BCUT2D eigenvalue weighted by molar-refractivity contribution is 5.92. The first kappa shape index (κ1) is 12.5. The summed E-state index contributed by atoms with van der Waals surface area (Å²) in [6.45, 7) is 0. The lowest BCUT2D eigenvalue weighted by atomic mass is 10.1. The molecule has 0 aliphatic carbocycles. The number of aromatic nitrogens is 6. The van der Waals surface area contributed by atoms with Gasteiger partial charge in [-0.3, -0.25) is 4.98 Å². The molecule has 22 heavy (non-hydrogen) atoms. The van der Waals surface area contributed by atoms with E-state index in [4.69, 9.17) is 5.73 Å². The summed E-state index contributed by atoms with van der Waals surface area (Å²) in [5.74, 6) is 0.905. The molecular formula is C15H13N7. The molecule has 7 nitrogen and oxygen atoms in total. The van der Waals surface area contributed by atoms with Gasteiger partial charge in [-0.05, 0) is 5.56 Å². The second-order valence-electron chi connectivity index (χ2n) is 4.92. The molecule has 0 spiro atoms. The molecule has 4 aromatic rings. The third-order valence-corrected chi connectivity index (χ3v) is 3.60. The predicted molar refractivity (Wildman–Crippen MR) is 83.3 cm³/mol. The molecule has 0 bridgehead atoms. The Balaban J connectivity index is 2.02. The summed E-state index contributed by atoms with van der Waals surface area (Å²) in [6, 6.07) is 10.1. The van der Waals surface area contributed by atoms with Crippen LogP contribution in [0.4, 0.5) is 5.95 Å². The molecule has 0 saturated heterocycles. The molecule has 0 fully saturated rings. The smallest absolute Gasteiger partial charge is 0.234 e. The number of benzene rings is 1. The topological polar surface area (TPSA) is 87.4 Å². The molecule has 0 unspecified atom stereocenters. The lowest BCUT2D eigenvalue weighted by Crippen LogP contribution is -2.08. The Kier molecular flexibility index (Phi) is 2.65. The summed E-state index contributed by atoms with van der Waals surface area (Å²) in [6.07, 6.45) is 4.98. The van der Waals surface area contributed by atoms with Gasteiger partial charge in [0.1, 0.15) is 11.8 Å². The van der Waals surface area contributed by atoms with Gasteiger partial charge in [-0.25, -0.2) is 4.98 Å². The van der Waals surface area contributed by atoms with Crippen molar-refractivity contribution < 1.29 is 0 Å². The van der Waals surface area contributed by atoms with E-state index in [1.807, 2.05) is 48.1 Å². The SMILES string of the molecule is Cn1c(-n2ncnc2N)nc2cncc(-c3ccccc3)c21. The Hall–Kier alpha value is -3.22. The number of hydrogen-bond acceptors (Lipinski definition) is 5. The van der Waals surface area contributed by atoms with Crippen LogP contribution < -0.4 is 5.73 Å². The van der Waals surface area contributed by atoms with Gasteiger partial charge in [0.2, 0.25) is 11.9 Å². The number of fused-ring (bicyclic) bond motifs is 1. The summed E-state index contributed by atoms with van der Waals surface area (Å²) >= 11 is 0. The summed E-state index contributed by atoms with van der Waals surface area (Å²) in [5, 5.41) is 4.12. The van der Waals surface area contributed by atoms with Crippen LogP contribution in [0.1, 0.15) is 0 Å². The van der Waals surface area contributed by atoms with E-state index in [2.05, 4.69) is 20.1 Å². The molecule has 7 heteroatoms. The molecule has 0 amide bonds. The number of nitrogen functional groups attached to an aromatic ring is 1. The number of hydrogen-bond donors (Lipinski definition) is 1. The van der Waals surface area contributed by atoms with Crippen molar-refractivity contribution in [1.29, 1.82) is 0 Å². The maximum Gasteiger partial charge on any atom is 0.234 e. The standard InChI is InChI=1S/C15H13N7/c1-21-13-11(10-5-3-2-4-6-10)7-17-8-12(13)20-15(21)22-14(16)18-9-19-22/h2-9H,1H3,(H2,16,18,19). The number of imidazole rings is 1. The van der Waals surface area contributed by atoms with E-state index in [1.54, 1.807) is 6.20 Å². The van der Waals surface area contributed by atoms with E-state index in [0.29, 0.717) is 11.9 Å². The molecule has 0 aliphatic heterocycles. The van der Waals surface area contributed by atoms with Gasteiger partial charge >= 0.3 is 0 Å². The highest BCUT2D eigenvalue weighted by atomic mass is 15.4. The first-order chi connectivity index (χ1) is 10.8. The fraction of sp³-hybridized carbons (Fsp3) is 0.0667. The number of anilines is 1. The minimum absolute atomic E-state index is 0.299. The summed E-state index contributed by atoms with van der Waals surface area (Å²) in [7, 11) is 1.93. The lowest BCUT2D eigenvalue weighted by molar-refractivity contribution is 0.768. The number of nitrogens with zero attached hydrogens (tertiary/aromatic N) is 6. The molecule has 0 aliphatic rings. The van der Waals surface area contributed by atoms with Crippen molar-refractivity contribution in [3.05, 3.63) is 49.1 Å². The van der Waals surface area contributed by atoms with Gasteiger partial charge in [-0.15, -0.1) is 0 Å². The second kappa shape index (κ2) is 4.66. The van der Waals surface area contributed by atoms with Crippen LogP contribution in [0.2, 0.25) is 0 Å². The molecule has 108 valence electrons. The predicted octanol–water partition coefficient (Wildman–Crippen LogP) is 1.80. The maximum absolute atomic E-state index is 5.83. The van der Waals surface area contributed by atoms with Gasteiger partial charge in [0.15, 0.2) is 0 Å². The molecular weight excluding hydrogens is 278 g/mol. The maximum atomic E-state index is 5.83. The Morgan fingerprint density at radius 3 is 2.64 bits per heavy atom. The Morgan fingerprint density at radius 1 is 1.09 bits per heavy atom. The summed E-state index contributed by atoms with van der Waals surface area (Å²) < 4.78 is 3.46. The van der Waals surface area contributed by atoms with Crippen LogP contribution in [-0.2, 0) is 7.05 Å². The second-order valence-corrected chi connectivity index (χ2v) is 4.92. The average molecular weight is 291 g/mol. The first-order valence-electron chi connectivity index (χ1n) is 6.77. The Labute approximate surface area is 126 Å². The van der Waals surface area contributed by atoms with Gasteiger partial charge in [0, 0.05) is 18.8 Å². The van der Waals surface area contributed by atoms with Crippen molar-refractivity contribution in [2.45, 2.75) is 0 Å². The molecule has 2 N–H and O–H groups in total. The molecule has 0 radical (unpaired) electrons. The zero-order chi connectivity index (χ0) is 15.1. The molecule has 4 rings (SSSR count). The van der Waals surface area contributed by atoms with E-state index in [1.165, 1.54) is 11.0 Å². The first-order valence-corrected chi connectivity index (χ1v) is 6.77. The van der Waals surface area contributed by atoms with Crippen molar-refractivity contribution in [3.63, 3.8) is 0 Å². The largest absolute Gasteiger partial charge is 0.368 e. The molecule has 3 heterocycles. The zero-order valence-corrected chi connectivity index (χ0v) is 11.9. The van der Waals surface area contributed by atoms with Gasteiger partial charge in [-0.1, -0.05) is 30.3 Å². The van der Waals surface area contributed by atoms with Crippen molar-refractivity contribution in [1.82, 2.24) is 29.3 Å². The Bertz CT molecular complexity index is 953. The van der Waals surface area contributed by atoms with Crippen LogP contribution in [0.15, 0.2) is 49.1 Å². The van der Waals surface area contributed by atoms with Gasteiger partial charge in [-0.2, -0.15) is 14.8 Å². The van der Waals surface area contributed by atoms with Crippen LogP contribution in [0, 0.1) is 0 Å². The normalized spacial score (nSPS) is 11.1. The lowest BCUT2D eigenvalue weighted by Gasteiger charge is -2.06. The molecule has 0 atom stereocenters. The van der Waals surface area contributed by atoms with Crippen molar-refractivity contribution in [3.8, 4) is 17.1 Å². The molecule has 1 aromatic carbocycles. The van der Waals surface area contributed by atoms with Crippen molar-refractivity contribution in [2.75, 3.05) is 5.73 Å². The Morgan fingerprint density at radius 2 is 1.91 bits per heavy atom. The molecule has 3 aromatic heterocycles. The quantitative estimate of drug-likeness (QED) is 0.608. The highest BCUT2D eigenvalue weighted by Gasteiger charge is 2.16. The number of rotatable bonds is 2. The highest BCUT2D eigenvalue weighted by Crippen LogP contribution is 2.28. The van der Waals surface area contributed by atoms with E-state index in [9.17, 15) is 0 Å². The van der Waals surface area contributed by atoms with E-state index < -0.39 is 0 Å². The number of aryl methyl sites for hydroxylation is 1. The van der Waals surface area contributed by atoms with Crippen LogP contribution >= 0.6 is 0 Å². The zero-order valence-electron chi connectivity index (χ0n) is 11.9. The summed E-state index contributed by atoms with van der Waals surface area (Å²) in [4.78, 5) is 12.8. The number of nitrogens with two attached hydrogens (primary N) is 1. The fourth-order valence-electron chi connectivity index (χ4n) is 2.58. The van der Waals surface area contributed by atoms with E-state index in [-0.39, 0.29) is 0 Å². The minimum Gasteiger partial charge on any atom is -0.368 e. The van der Waals surface area contributed by atoms with Gasteiger partial charge in [0.05, 0.1) is 11.7 Å². The average Bonchev–Trinajstić information content (AvgIpc) is 3.12. The molecule has 0 saturated carbocycles. The van der Waals surface area contributed by atoms with Gasteiger partial charge < -0.3 is 10.3 Å². The van der Waals surface area contributed by atoms with Crippen LogP contribution in [-0.4, -0.2) is 29.3 Å². The number of pyridine rings is 1. The van der Waals surface area contributed by atoms with Crippen LogP contribution in [0.3, 0.4) is 0 Å².